The van der Waals surface area contributed by atoms with Crippen molar-refractivity contribution in [3.8, 4) is 0 Å². The summed E-state index contributed by atoms with van der Waals surface area (Å²) in [6.07, 6.45) is 0. The summed E-state index contributed by atoms with van der Waals surface area (Å²) in [5.41, 5.74) is 7.99. The van der Waals surface area contributed by atoms with Crippen LogP contribution in [0.25, 0.3) is 21.8 Å². The Morgan fingerprint density at radius 2 is 1.82 bits per heavy atom. The number of aliphatic hydroxyl groups is 1. The van der Waals surface area contributed by atoms with E-state index in [4.69, 9.17) is 10.8 Å². The molecule has 0 radical (unpaired) electrons. The van der Waals surface area contributed by atoms with E-state index in [1.165, 1.54) is 0 Å². The minimum absolute atomic E-state index is 0.0950. The predicted octanol–water partition coefficient (Wildman–Crippen LogP) is 1.86. The van der Waals surface area contributed by atoms with Gasteiger partial charge in [-0.2, -0.15) is 0 Å². The standard InChI is InChI=1S/C13H11N3O/c14-13-12-10(6-5-8(7-17)15-12)9-3-1-2-4-11(9)16-13/h1-6,17H,7H2,(H2,14,16). The number of hydrogen-bond acceptors (Lipinski definition) is 4. The highest BCUT2D eigenvalue weighted by molar-refractivity contribution is 6.07. The molecule has 0 atom stereocenters. The second-order valence-electron chi connectivity index (χ2n) is 3.87. The SMILES string of the molecule is Nc1nc2ccccc2c2ccc(CO)nc12. The Kier molecular flexibility index (Phi) is 2.16. The molecule has 3 rings (SSSR count). The average Bonchev–Trinajstić information content (AvgIpc) is 2.38. The summed E-state index contributed by atoms with van der Waals surface area (Å²) < 4.78 is 0. The van der Waals surface area contributed by atoms with E-state index in [9.17, 15) is 0 Å². The largest absolute Gasteiger partial charge is 0.390 e. The van der Waals surface area contributed by atoms with Gasteiger partial charge in [-0.25, -0.2) is 9.97 Å². The molecule has 0 spiro atoms. The highest BCUT2D eigenvalue weighted by Crippen LogP contribution is 2.26. The summed E-state index contributed by atoms with van der Waals surface area (Å²) in [6.45, 7) is -0.0950. The summed E-state index contributed by atoms with van der Waals surface area (Å²) >= 11 is 0. The number of rotatable bonds is 1. The molecule has 0 saturated carbocycles. The zero-order valence-electron chi connectivity index (χ0n) is 9.09. The van der Waals surface area contributed by atoms with Crippen molar-refractivity contribution < 1.29 is 5.11 Å². The number of nitrogen functional groups attached to an aromatic ring is 1. The Morgan fingerprint density at radius 3 is 2.65 bits per heavy atom. The smallest absolute Gasteiger partial charge is 0.150 e. The molecule has 3 N–H and O–H groups in total. The van der Waals surface area contributed by atoms with Gasteiger partial charge in [0.15, 0.2) is 5.82 Å². The van der Waals surface area contributed by atoms with Gasteiger partial charge in [0.1, 0.15) is 5.52 Å². The Morgan fingerprint density at radius 1 is 1.00 bits per heavy atom. The molecule has 4 heteroatoms. The van der Waals surface area contributed by atoms with Gasteiger partial charge in [0.05, 0.1) is 17.8 Å². The van der Waals surface area contributed by atoms with Crippen LogP contribution in [-0.4, -0.2) is 15.1 Å². The molecule has 0 amide bonds. The number of aliphatic hydroxyl groups excluding tert-OH is 1. The van der Waals surface area contributed by atoms with Crippen molar-refractivity contribution in [2.75, 3.05) is 5.73 Å². The first-order valence-corrected chi connectivity index (χ1v) is 5.34. The Hall–Kier alpha value is -2.20. The van der Waals surface area contributed by atoms with Crippen molar-refractivity contribution in [3.63, 3.8) is 0 Å². The molecule has 2 aromatic heterocycles. The number of benzene rings is 1. The van der Waals surface area contributed by atoms with Gasteiger partial charge in [-0.3, -0.25) is 0 Å². The van der Waals surface area contributed by atoms with Gasteiger partial charge in [0, 0.05) is 10.8 Å². The van der Waals surface area contributed by atoms with E-state index in [1.54, 1.807) is 6.07 Å². The third kappa shape index (κ3) is 1.50. The molecule has 1 aromatic carbocycles. The number of nitrogens with zero attached hydrogens (tertiary/aromatic N) is 2. The number of nitrogens with two attached hydrogens (primary N) is 1. The van der Waals surface area contributed by atoms with Crippen LogP contribution in [0.3, 0.4) is 0 Å². The van der Waals surface area contributed by atoms with E-state index < -0.39 is 0 Å². The third-order valence-electron chi connectivity index (χ3n) is 2.79. The summed E-state index contributed by atoms with van der Waals surface area (Å²) in [6, 6.07) is 11.5. The number of anilines is 1. The van der Waals surface area contributed by atoms with E-state index in [0.29, 0.717) is 17.0 Å². The highest BCUT2D eigenvalue weighted by Gasteiger charge is 2.07. The second-order valence-corrected chi connectivity index (χ2v) is 3.87. The van der Waals surface area contributed by atoms with Crippen molar-refractivity contribution in [1.29, 1.82) is 0 Å². The van der Waals surface area contributed by atoms with Crippen LogP contribution < -0.4 is 5.73 Å². The van der Waals surface area contributed by atoms with E-state index in [2.05, 4.69) is 9.97 Å². The molecular weight excluding hydrogens is 214 g/mol. The van der Waals surface area contributed by atoms with Crippen LogP contribution in [0.2, 0.25) is 0 Å². The molecule has 0 bridgehead atoms. The molecule has 84 valence electrons. The molecule has 4 nitrogen and oxygen atoms in total. The topological polar surface area (TPSA) is 72.0 Å². The first-order valence-electron chi connectivity index (χ1n) is 5.34. The quantitative estimate of drug-likeness (QED) is 0.620. The molecule has 0 saturated heterocycles. The fraction of sp³-hybridized carbons (Fsp3) is 0.0769. The van der Waals surface area contributed by atoms with Crippen LogP contribution >= 0.6 is 0 Å². The lowest BCUT2D eigenvalue weighted by atomic mass is 10.1. The lowest BCUT2D eigenvalue weighted by Crippen LogP contribution is -1.97. The number of hydrogen-bond donors (Lipinski definition) is 2. The van der Waals surface area contributed by atoms with Crippen molar-refractivity contribution in [2.24, 2.45) is 0 Å². The lowest BCUT2D eigenvalue weighted by Gasteiger charge is -2.06. The lowest BCUT2D eigenvalue weighted by molar-refractivity contribution is 0.277. The number of para-hydroxylation sites is 1. The van der Waals surface area contributed by atoms with Crippen LogP contribution in [-0.2, 0) is 6.61 Å². The number of aromatic nitrogens is 2. The molecule has 0 fully saturated rings. The maximum Gasteiger partial charge on any atom is 0.150 e. The van der Waals surface area contributed by atoms with Crippen LogP contribution in [0.1, 0.15) is 5.69 Å². The maximum absolute atomic E-state index is 9.08. The normalized spacial score (nSPS) is 11.1. The molecule has 0 unspecified atom stereocenters. The Balaban J connectivity index is 2.49. The zero-order chi connectivity index (χ0) is 11.8. The van der Waals surface area contributed by atoms with Crippen LogP contribution in [0.5, 0.6) is 0 Å². The van der Waals surface area contributed by atoms with Crippen molar-refractivity contribution in [1.82, 2.24) is 9.97 Å². The Labute approximate surface area is 97.7 Å². The summed E-state index contributed by atoms with van der Waals surface area (Å²) in [5, 5.41) is 11.1. The first kappa shape index (κ1) is 9.99. The minimum atomic E-state index is -0.0950. The highest BCUT2D eigenvalue weighted by atomic mass is 16.3. The van der Waals surface area contributed by atoms with Crippen LogP contribution in [0.4, 0.5) is 5.82 Å². The zero-order valence-corrected chi connectivity index (χ0v) is 9.09. The Bertz CT molecular complexity index is 709. The van der Waals surface area contributed by atoms with Gasteiger partial charge < -0.3 is 10.8 Å². The summed E-state index contributed by atoms with van der Waals surface area (Å²) in [7, 11) is 0. The van der Waals surface area contributed by atoms with E-state index >= 15 is 0 Å². The van der Waals surface area contributed by atoms with Gasteiger partial charge >= 0.3 is 0 Å². The van der Waals surface area contributed by atoms with Crippen molar-refractivity contribution >= 4 is 27.6 Å². The summed E-state index contributed by atoms with van der Waals surface area (Å²) in [4.78, 5) is 8.62. The van der Waals surface area contributed by atoms with Gasteiger partial charge in [0.25, 0.3) is 0 Å². The number of fused-ring (bicyclic) bond motifs is 3. The molecule has 3 aromatic rings. The fourth-order valence-corrected chi connectivity index (χ4v) is 1.98. The fourth-order valence-electron chi connectivity index (χ4n) is 1.98. The van der Waals surface area contributed by atoms with Crippen LogP contribution in [0, 0.1) is 0 Å². The number of pyridine rings is 2. The molecule has 0 aliphatic rings. The second kappa shape index (κ2) is 3.68. The molecule has 0 aliphatic carbocycles. The van der Waals surface area contributed by atoms with Gasteiger partial charge in [-0.05, 0) is 12.1 Å². The van der Waals surface area contributed by atoms with Gasteiger partial charge in [-0.1, -0.05) is 24.3 Å². The van der Waals surface area contributed by atoms with Crippen molar-refractivity contribution in [3.05, 3.63) is 42.1 Å². The molecule has 2 heterocycles. The first-order chi connectivity index (χ1) is 8.29. The summed E-state index contributed by atoms with van der Waals surface area (Å²) in [5.74, 6) is 0.397. The molecule has 0 aliphatic heterocycles. The molecular formula is C13H11N3O. The molecule has 17 heavy (non-hydrogen) atoms. The van der Waals surface area contributed by atoms with E-state index in [-0.39, 0.29) is 6.61 Å². The van der Waals surface area contributed by atoms with E-state index in [0.717, 1.165) is 16.3 Å². The third-order valence-corrected chi connectivity index (χ3v) is 2.79. The van der Waals surface area contributed by atoms with Gasteiger partial charge in [0.2, 0.25) is 0 Å². The average molecular weight is 225 g/mol. The van der Waals surface area contributed by atoms with E-state index in [1.807, 2.05) is 30.3 Å². The van der Waals surface area contributed by atoms with Crippen LogP contribution in [0.15, 0.2) is 36.4 Å². The monoisotopic (exact) mass is 225 g/mol. The van der Waals surface area contributed by atoms with Crippen molar-refractivity contribution in [2.45, 2.75) is 6.61 Å². The van der Waals surface area contributed by atoms with Gasteiger partial charge in [-0.15, -0.1) is 0 Å². The predicted molar refractivity (Wildman–Crippen MR) is 67.4 cm³/mol. The maximum atomic E-state index is 9.08. The minimum Gasteiger partial charge on any atom is -0.390 e.